The molecule has 1 N–H and O–H groups in total. The zero-order chi connectivity index (χ0) is 9.72. The highest BCUT2D eigenvalue weighted by molar-refractivity contribution is 5.91. The van der Waals surface area contributed by atoms with Crippen LogP contribution < -0.4 is 0 Å². The lowest BCUT2D eigenvalue weighted by Crippen LogP contribution is -2.14. The van der Waals surface area contributed by atoms with Gasteiger partial charge in [0.05, 0.1) is 12.5 Å². The topological polar surface area (TPSA) is 63.6 Å². The molecule has 0 aromatic heterocycles. The van der Waals surface area contributed by atoms with E-state index in [-0.39, 0.29) is 18.1 Å². The smallest absolute Gasteiger partial charge is 0.331 e. The van der Waals surface area contributed by atoms with Crippen LogP contribution in [0.3, 0.4) is 0 Å². The van der Waals surface area contributed by atoms with Gasteiger partial charge in [-0.05, 0) is 13.8 Å². The van der Waals surface area contributed by atoms with E-state index in [1.54, 1.807) is 13.8 Å². The van der Waals surface area contributed by atoms with E-state index in [0.717, 1.165) is 0 Å². The molecule has 0 aliphatic rings. The van der Waals surface area contributed by atoms with Crippen LogP contribution in [0.15, 0.2) is 12.2 Å². The Kier molecular flexibility index (Phi) is 4.04. The number of carbonyl (C=O) groups excluding carboxylic acids is 1. The number of rotatable bonds is 4. The predicted octanol–water partition coefficient (Wildman–Crippen LogP) is 0.969. The first-order chi connectivity index (χ1) is 5.43. The summed E-state index contributed by atoms with van der Waals surface area (Å²) in [5.74, 6) is -1.73. The Bertz CT molecular complexity index is 205. The minimum absolute atomic E-state index is 0.152. The van der Waals surface area contributed by atoms with Crippen LogP contribution in [0.5, 0.6) is 0 Å². The number of carboxylic acids is 1. The maximum absolute atomic E-state index is 10.8. The third-order valence-corrected chi connectivity index (χ3v) is 1.03. The monoisotopic (exact) mass is 172 g/mol. The number of aliphatic carboxylic acids is 1. The molecular formula is C8H12O4. The van der Waals surface area contributed by atoms with Crippen molar-refractivity contribution in [3.8, 4) is 0 Å². The SMILES string of the molecule is C=C(CC(=O)OC(C)C)C(=O)O. The van der Waals surface area contributed by atoms with Crippen LogP contribution in [0.4, 0.5) is 0 Å². The van der Waals surface area contributed by atoms with Gasteiger partial charge in [-0.15, -0.1) is 0 Å². The molecule has 68 valence electrons. The van der Waals surface area contributed by atoms with Crippen molar-refractivity contribution >= 4 is 11.9 Å². The standard InChI is InChI=1S/C8H12O4/c1-5(2)12-7(9)4-6(3)8(10)11/h5H,3-4H2,1-2H3,(H,10,11). The van der Waals surface area contributed by atoms with Crippen LogP contribution in [0.25, 0.3) is 0 Å². The van der Waals surface area contributed by atoms with E-state index < -0.39 is 11.9 Å². The zero-order valence-corrected chi connectivity index (χ0v) is 7.16. The summed E-state index contributed by atoms with van der Waals surface area (Å²) in [6.07, 6.45) is -0.479. The second kappa shape index (κ2) is 4.54. The lowest BCUT2D eigenvalue weighted by molar-refractivity contribution is -0.148. The van der Waals surface area contributed by atoms with Gasteiger partial charge in [0.15, 0.2) is 0 Å². The van der Waals surface area contributed by atoms with Crippen LogP contribution in [0.1, 0.15) is 20.3 Å². The van der Waals surface area contributed by atoms with Crippen LogP contribution in [0.2, 0.25) is 0 Å². The van der Waals surface area contributed by atoms with Gasteiger partial charge >= 0.3 is 11.9 Å². The summed E-state index contributed by atoms with van der Waals surface area (Å²) in [5.41, 5.74) is -0.152. The molecule has 0 saturated carbocycles. The van der Waals surface area contributed by atoms with Crippen molar-refractivity contribution in [1.29, 1.82) is 0 Å². The zero-order valence-electron chi connectivity index (χ0n) is 7.16. The van der Waals surface area contributed by atoms with E-state index in [1.165, 1.54) is 0 Å². The first-order valence-electron chi connectivity index (χ1n) is 3.54. The molecule has 0 saturated heterocycles. The Labute approximate surface area is 70.8 Å². The summed E-state index contributed by atoms with van der Waals surface area (Å²) < 4.78 is 4.71. The van der Waals surface area contributed by atoms with Crippen molar-refractivity contribution in [2.24, 2.45) is 0 Å². The van der Waals surface area contributed by atoms with E-state index >= 15 is 0 Å². The lowest BCUT2D eigenvalue weighted by Gasteiger charge is -2.06. The molecule has 0 rings (SSSR count). The summed E-state index contributed by atoms with van der Waals surface area (Å²) in [5, 5.41) is 8.36. The van der Waals surface area contributed by atoms with E-state index in [9.17, 15) is 9.59 Å². The number of hydrogen-bond donors (Lipinski definition) is 1. The van der Waals surface area contributed by atoms with Crippen molar-refractivity contribution < 1.29 is 19.4 Å². The van der Waals surface area contributed by atoms with Gasteiger partial charge in [0.1, 0.15) is 0 Å². The van der Waals surface area contributed by atoms with Crippen molar-refractivity contribution in [3.05, 3.63) is 12.2 Å². The van der Waals surface area contributed by atoms with Crippen molar-refractivity contribution in [2.75, 3.05) is 0 Å². The fraction of sp³-hybridized carbons (Fsp3) is 0.500. The fourth-order valence-electron chi connectivity index (χ4n) is 0.554. The van der Waals surface area contributed by atoms with Gasteiger partial charge in [-0.1, -0.05) is 6.58 Å². The van der Waals surface area contributed by atoms with Gasteiger partial charge in [-0.2, -0.15) is 0 Å². The predicted molar refractivity (Wildman–Crippen MR) is 42.6 cm³/mol. The molecule has 0 aliphatic carbocycles. The first kappa shape index (κ1) is 10.7. The van der Waals surface area contributed by atoms with Crippen LogP contribution >= 0.6 is 0 Å². The average Bonchev–Trinajstić information content (AvgIpc) is 1.84. The molecule has 0 aromatic rings. The molecule has 0 amide bonds. The average molecular weight is 172 g/mol. The minimum Gasteiger partial charge on any atom is -0.478 e. The second-order valence-electron chi connectivity index (χ2n) is 2.62. The maximum Gasteiger partial charge on any atom is 0.331 e. The van der Waals surface area contributed by atoms with Gasteiger partial charge in [0.25, 0.3) is 0 Å². The highest BCUT2D eigenvalue weighted by Gasteiger charge is 2.11. The summed E-state index contributed by atoms with van der Waals surface area (Å²) in [6.45, 7) is 6.59. The summed E-state index contributed by atoms with van der Waals surface area (Å²) in [6, 6.07) is 0. The summed E-state index contributed by atoms with van der Waals surface area (Å²) >= 11 is 0. The largest absolute Gasteiger partial charge is 0.478 e. The normalized spacial score (nSPS) is 9.58. The number of carboxylic acid groups (broad SMARTS) is 1. The van der Waals surface area contributed by atoms with E-state index in [2.05, 4.69) is 6.58 Å². The summed E-state index contributed by atoms with van der Waals surface area (Å²) in [4.78, 5) is 21.0. The van der Waals surface area contributed by atoms with Crippen molar-refractivity contribution in [2.45, 2.75) is 26.4 Å². The van der Waals surface area contributed by atoms with Gasteiger partial charge < -0.3 is 9.84 Å². The van der Waals surface area contributed by atoms with E-state index in [0.29, 0.717) is 0 Å². The Hall–Kier alpha value is -1.32. The molecule has 0 atom stereocenters. The van der Waals surface area contributed by atoms with Crippen LogP contribution in [-0.2, 0) is 14.3 Å². The Balaban J connectivity index is 3.85. The number of carbonyl (C=O) groups is 2. The molecule has 0 spiro atoms. The quantitative estimate of drug-likeness (QED) is 0.507. The van der Waals surface area contributed by atoms with Gasteiger partial charge in [0, 0.05) is 5.57 Å². The van der Waals surface area contributed by atoms with E-state index in [1.807, 2.05) is 0 Å². The fourth-order valence-corrected chi connectivity index (χ4v) is 0.554. The van der Waals surface area contributed by atoms with E-state index in [4.69, 9.17) is 9.84 Å². The van der Waals surface area contributed by atoms with Gasteiger partial charge in [-0.25, -0.2) is 4.79 Å². The Morgan fingerprint density at radius 2 is 2.00 bits per heavy atom. The van der Waals surface area contributed by atoms with Gasteiger partial charge in [0.2, 0.25) is 0 Å². The minimum atomic E-state index is -1.17. The molecule has 0 aromatic carbocycles. The van der Waals surface area contributed by atoms with Crippen LogP contribution in [-0.4, -0.2) is 23.1 Å². The first-order valence-corrected chi connectivity index (χ1v) is 3.54. The third-order valence-electron chi connectivity index (χ3n) is 1.03. The molecule has 4 heteroatoms. The molecule has 0 radical (unpaired) electrons. The highest BCUT2D eigenvalue weighted by atomic mass is 16.5. The Morgan fingerprint density at radius 1 is 1.50 bits per heavy atom. The molecule has 12 heavy (non-hydrogen) atoms. The van der Waals surface area contributed by atoms with Crippen molar-refractivity contribution in [1.82, 2.24) is 0 Å². The molecule has 0 fully saturated rings. The second-order valence-corrected chi connectivity index (χ2v) is 2.62. The molecule has 0 aliphatic heterocycles. The third kappa shape index (κ3) is 4.49. The number of ether oxygens (including phenoxy) is 1. The van der Waals surface area contributed by atoms with Crippen LogP contribution in [0, 0.1) is 0 Å². The molecule has 0 bridgehead atoms. The number of hydrogen-bond acceptors (Lipinski definition) is 3. The molecule has 0 unspecified atom stereocenters. The Morgan fingerprint density at radius 3 is 2.33 bits per heavy atom. The molecule has 0 heterocycles. The number of esters is 1. The molecular weight excluding hydrogens is 160 g/mol. The van der Waals surface area contributed by atoms with Crippen molar-refractivity contribution in [3.63, 3.8) is 0 Å². The lowest BCUT2D eigenvalue weighted by atomic mass is 10.2. The highest BCUT2D eigenvalue weighted by Crippen LogP contribution is 2.01. The maximum atomic E-state index is 10.8. The summed E-state index contributed by atoms with van der Waals surface area (Å²) in [7, 11) is 0. The van der Waals surface area contributed by atoms with Gasteiger partial charge in [-0.3, -0.25) is 4.79 Å². The molecule has 4 nitrogen and oxygen atoms in total.